The number of ether oxygens (including phenoxy) is 1. The number of aromatic nitrogens is 1. The second-order valence-corrected chi connectivity index (χ2v) is 6.46. The van der Waals surface area contributed by atoms with Crippen LogP contribution in [0.2, 0.25) is 0 Å². The summed E-state index contributed by atoms with van der Waals surface area (Å²) in [4.78, 5) is 30.5. The maximum atomic E-state index is 12.9. The Kier molecular flexibility index (Phi) is 5.07. The van der Waals surface area contributed by atoms with Crippen LogP contribution in [-0.4, -0.2) is 34.7 Å². The predicted molar refractivity (Wildman–Crippen MR) is 101 cm³/mol. The number of carbonyl (C=O) groups is 2. The fourth-order valence-corrected chi connectivity index (χ4v) is 2.93. The molecule has 134 valence electrons. The molecule has 1 amide bonds. The highest BCUT2D eigenvalue weighted by atomic mass is 16.5. The largest absolute Gasteiger partial charge is 0.497 e. The molecule has 0 unspecified atom stereocenters. The lowest BCUT2D eigenvalue weighted by Gasteiger charge is -2.26. The number of nitrogens with zero attached hydrogens (tertiary/aromatic N) is 1. The number of nitrogens with one attached hydrogen (secondary N) is 1. The van der Waals surface area contributed by atoms with E-state index in [9.17, 15) is 9.59 Å². The third-order valence-electron chi connectivity index (χ3n) is 4.41. The Labute approximate surface area is 152 Å². The molecule has 1 aromatic heterocycles. The van der Waals surface area contributed by atoms with E-state index in [1.807, 2.05) is 56.3 Å². The summed E-state index contributed by atoms with van der Waals surface area (Å²) in [5.41, 5.74) is 2.15. The van der Waals surface area contributed by atoms with Crippen LogP contribution in [0.15, 0.2) is 54.7 Å². The molecule has 0 saturated heterocycles. The smallest absolute Gasteiger partial charge is 0.295 e. The lowest BCUT2D eigenvalue weighted by Crippen LogP contribution is -2.40. The SMILES string of the molecule is COc1ccc2[nH]cc(C(=O)C(=O)N(Cc3ccccc3)C(C)C)c2c1. The van der Waals surface area contributed by atoms with E-state index in [1.54, 1.807) is 24.3 Å². The lowest BCUT2D eigenvalue weighted by atomic mass is 10.1. The molecule has 3 aromatic rings. The van der Waals surface area contributed by atoms with Crippen LogP contribution < -0.4 is 4.74 Å². The molecule has 0 bridgehead atoms. The summed E-state index contributed by atoms with van der Waals surface area (Å²) >= 11 is 0. The zero-order valence-corrected chi connectivity index (χ0v) is 15.2. The average Bonchev–Trinajstić information content (AvgIpc) is 3.08. The first-order chi connectivity index (χ1) is 12.5. The van der Waals surface area contributed by atoms with Crippen LogP contribution in [0, 0.1) is 0 Å². The van der Waals surface area contributed by atoms with Gasteiger partial charge in [-0.3, -0.25) is 9.59 Å². The van der Waals surface area contributed by atoms with Gasteiger partial charge in [-0.1, -0.05) is 30.3 Å². The van der Waals surface area contributed by atoms with Gasteiger partial charge in [-0.05, 0) is 37.6 Å². The van der Waals surface area contributed by atoms with Gasteiger partial charge in [-0.2, -0.15) is 0 Å². The summed E-state index contributed by atoms with van der Waals surface area (Å²) < 4.78 is 5.23. The number of rotatable bonds is 6. The van der Waals surface area contributed by atoms with E-state index in [0.717, 1.165) is 11.1 Å². The highest BCUT2D eigenvalue weighted by Gasteiger charge is 2.27. The highest BCUT2D eigenvalue weighted by molar-refractivity contribution is 6.44. The molecule has 0 atom stereocenters. The Morgan fingerprint density at radius 3 is 2.50 bits per heavy atom. The molecule has 1 N–H and O–H groups in total. The number of methoxy groups -OCH3 is 1. The molecular weight excluding hydrogens is 328 g/mol. The van der Waals surface area contributed by atoms with Crippen molar-refractivity contribution in [3.8, 4) is 5.75 Å². The third-order valence-corrected chi connectivity index (χ3v) is 4.41. The van der Waals surface area contributed by atoms with Crippen LogP contribution >= 0.6 is 0 Å². The first kappa shape index (κ1) is 17.7. The maximum Gasteiger partial charge on any atom is 0.295 e. The number of hydrogen-bond acceptors (Lipinski definition) is 3. The number of H-pyrrole nitrogens is 1. The minimum atomic E-state index is -0.519. The van der Waals surface area contributed by atoms with Gasteiger partial charge >= 0.3 is 0 Å². The molecule has 2 aromatic carbocycles. The Hall–Kier alpha value is -3.08. The van der Waals surface area contributed by atoms with Gasteiger partial charge in [0.2, 0.25) is 0 Å². The number of carbonyl (C=O) groups excluding carboxylic acids is 2. The topological polar surface area (TPSA) is 62.4 Å². The van der Waals surface area contributed by atoms with Crippen LogP contribution in [0.3, 0.4) is 0 Å². The number of fused-ring (bicyclic) bond motifs is 1. The molecule has 5 heteroatoms. The average molecular weight is 350 g/mol. The van der Waals surface area contributed by atoms with Crippen molar-refractivity contribution in [2.75, 3.05) is 7.11 Å². The van der Waals surface area contributed by atoms with Gasteiger partial charge in [0, 0.05) is 29.7 Å². The molecule has 0 spiro atoms. The van der Waals surface area contributed by atoms with E-state index in [-0.39, 0.29) is 6.04 Å². The maximum absolute atomic E-state index is 12.9. The zero-order chi connectivity index (χ0) is 18.7. The predicted octanol–water partition coefficient (Wildman–Crippen LogP) is 3.80. The zero-order valence-electron chi connectivity index (χ0n) is 15.2. The molecule has 0 fully saturated rings. The van der Waals surface area contributed by atoms with Crippen LogP contribution in [0.5, 0.6) is 5.75 Å². The van der Waals surface area contributed by atoms with Crippen LogP contribution in [-0.2, 0) is 11.3 Å². The monoisotopic (exact) mass is 350 g/mol. The summed E-state index contributed by atoms with van der Waals surface area (Å²) in [5.74, 6) is -0.384. The quantitative estimate of drug-likeness (QED) is 0.543. The van der Waals surface area contributed by atoms with Crippen LogP contribution in [0.4, 0.5) is 0 Å². The molecule has 26 heavy (non-hydrogen) atoms. The van der Waals surface area contributed by atoms with E-state index in [2.05, 4.69) is 4.98 Å². The van der Waals surface area contributed by atoms with Crippen molar-refractivity contribution < 1.29 is 14.3 Å². The standard InChI is InChI=1S/C21H22N2O3/c1-14(2)23(13-15-7-5-4-6-8-15)21(25)20(24)18-12-22-19-10-9-16(26-3)11-17(18)19/h4-12,14,22H,13H2,1-3H3. The Bertz CT molecular complexity index is 929. The first-order valence-electron chi connectivity index (χ1n) is 8.55. The highest BCUT2D eigenvalue weighted by Crippen LogP contribution is 2.24. The van der Waals surface area contributed by atoms with Crippen molar-refractivity contribution in [2.45, 2.75) is 26.4 Å². The van der Waals surface area contributed by atoms with E-state index < -0.39 is 11.7 Å². The van der Waals surface area contributed by atoms with Crippen molar-refractivity contribution in [1.82, 2.24) is 9.88 Å². The van der Waals surface area contributed by atoms with Crippen molar-refractivity contribution in [2.24, 2.45) is 0 Å². The molecule has 0 saturated carbocycles. The van der Waals surface area contributed by atoms with Crippen molar-refractivity contribution >= 4 is 22.6 Å². The number of Topliss-reactive ketones (excluding diaryl/α,β-unsaturated/α-hetero) is 1. The van der Waals surface area contributed by atoms with Crippen molar-refractivity contribution in [1.29, 1.82) is 0 Å². The Morgan fingerprint density at radius 2 is 1.85 bits per heavy atom. The summed E-state index contributed by atoms with van der Waals surface area (Å²) in [7, 11) is 1.57. The molecule has 3 rings (SSSR count). The normalized spacial score (nSPS) is 10.9. The molecular formula is C21H22N2O3. The van der Waals surface area contributed by atoms with Gasteiger partial charge in [0.25, 0.3) is 11.7 Å². The van der Waals surface area contributed by atoms with Crippen molar-refractivity contribution in [3.05, 3.63) is 65.9 Å². The van der Waals surface area contributed by atoms with Gasteiger partial charge in [-0.15, -0.1) is 0 Å². The second kappa shape index (κ2) is 7.44. The molecule has 0 radical (unpaired) electrons. The van der Waals surface area contributed by atoms with Crippen molar-refractivity contribution in [3.63, 3.8) is 0 Å². The number of ketones is 1. The molecule has 1 heterocycles. The van der Waals surface area contributed by atoms with E-state index >= 15 is 0 Å². The summed E-state index contributed by atoms with van der Waals surface area (Å²) in [5, 5.41) is 0.686. The van der Waals surface area contributed by atoms with E-state index in [1.165, 1.54) is 0 Å². The van der Waals surface area contributed by atoms with E-state index in [0.29, 0.717) is 23.2 Å². The summed E-state index contributed by atoms with van der Waals surface area (Å²) in [6, 6.07) is 15.0. The molecule has 0 aliphatic heterocycles. The molecule has 0 aliphatic rings. The van der Waals surface area contributed by atoms with E-state index in [4.69, 9.17) is 4.74 Å². The lowest BCUT2D eigenvalue weighted by molar-refractivity contribution is -0.128. The molecule has 5 nitrogen and oxygen atoms in total. The summed E-state index contributed by atoms with van der Waals surface area (Å²) in [6.07, 6.45) is 1.59. The first-order valence-corrected chi connectivity index (χ1v) is 8.55. The number of hydrogen-bond donors (Lipinski definition) is 1. The number of aromatic amines is 1. The van der Waals surface area contributed by atoms with Gasteiger partial charge in [0.15, 0.2) is 0 Å². The Morgan fingerprint density at radius 1 is 1.12 bits per heavy atom. The van der Waals surface area contributed by atoms with Gasteiger partial charge in [0.1, 0.15) is 5.75 Å². The summed E-state index contributed by atoms with van der Waals surface area (Å²) in [6.45, 7) is 4.22. The molecule has 0 aliphatic carbocycles. The van der Waals surface area contributed by atoms with Crippen LogP contribution in [0.25, 0.3) is 10.9 Å². The minimum absolute atomic E-state index is 0.0913. The van der Waals surface area contributed by atoms with Gasteiger partial charge in [-0.25, -0.2) is 0 Å². The van der Waals surface area contributed by atoms with Gasteiger partial charge < -0.3 is 14.6 Å². The van der Waals surface area contributed by atoms with Gasteiger partial charge in [0.05, 0.1) is 12.7 Å². The fourth-order valence-electron chi connectivity index (χ4n) is 2.93. The fraction of sp³-hybridized carbons (Fsp3) is 0.238. The Balaban J connectivity index is 1.91. The third kappa shape index (κ3) is 3.47. The number of amides is 1. The second-order valence-electron chi connectivity index (χ2n) is 6.46. The van der Waals surface area contributed by atoms with Crippen LogP contribution in [0.1, 0.15) is 29.8 Å². The number of benzene rings is 2. The minimum Gasteiger partial charge on any atom is -0.497 e.